The predicted molar refractivity (Wildman–Crippen MR) is 113 cm³/mol. The molecule has 0 radical (unpaired) electrons. The largest absolute Gasteiger partial charge is 0.477 e. The van der Waals surface area contributed by atoms with Gasteiger partial charge in [-0.05, 0) is 12.5 Å². The maximum atomic E-state index is 13.0. The van der Waals surface area contributed by atoms with Gasteiger partial charge in [-0.1, -0.05) is 23.1 Å². The second kappa shape index (κ2) is 8.64. The summed E-state index contributed by atoms with van der Waals surface area (Å²) in [6, 6.07) is -0.481. The molecule has 2 aliphatic rings. The highest BCUT2D eigenvalue weighted by atomic mass is 32.2. The number of β-lactam (4-membered cyclic amide) rings is 1. The molecule has 4 rings (SSSR count). The summed E-state index contributed by atoms with van der Waals surface area (Å²) >= 11 is 3.94. The minimum atomic E-state index is -4.69. The summed E-state index contributed by atoms with van der Waals surface area (Å²) < 4.78 is 40.1. The van der Waals surface area contributed by atoms with Gasteiger partial charge in [0, 0.05) is 24.6 Å². The van der Waals surface area contributed by atoms with Crippen LogP contribution in [-0.2, 0) is 22.8 Å². The van der Waals surface area contributed by atoms with E-state index < -0.39 is 46.8 Å². The zero-order chi connectivity index (χ0) is 24.1. The van der Waals surface area contributed by atoms with Gasteiger partial charge in [0.15, 0.2) is 10.0 Å². The van der Waals surface area contributed by atoms with E-state index in [0.717, 1.165) is 17.0 Å². The number of alkyl halides is 3. The fraction of sp³-hybridized carbons (Fsp3) is 0.412. The molecule has 2 amide bonds. The van der Waals surface area contributed by atoms with Crippen molar-refractivity contribution in [2.24, 2.45) is 7.05 Å². The second-order valence-electron chi connectivity index (χ2n) is 7.03. The highest BCUT2D eigenvalue weighted by Gasteiger charge is 2.54. The molecule has 0 bridgehead atoms. The zero-order valence-corrected chi connectivity index (χ0v) is 19.4. The molecule has 10 nitrogen and oxygen atoms in total. The molecule has 1 fully saturated rings. The minimum Gasteiger partial charge on any atom is -0.477 e. The van der Waals surface area contributed by atoms with E-state index in [1.807, 2.05) is 0 Å². The van der Waals surface area contributed by atoms with E-state index >= 15 is 0 Å². The van der Waals surface area contributed by atoms with Gasteiger partial charge in [0.2, 0.25) is 0 Å². The third-order valence-electron chi connectivity index (χ3n) is 4.82. The first kappa shape index (κ1) is 23.6. The van der Waals surface area contributed by atoms with Gasteiger partial charge in [-0.2, -0.15) is 18.3 Å². The smallest absolute Gasteiger partial charge is 0.433 e. The monoisotopic (exact) mass is 520 g/mol. The average Bonchev–Trinajstić information content (AvgIpc) is 3.34. The zero-order valence-electron chi connectivity index (χ0n) is 16.9. The summed E-state index contributed by atoms with van der Waals surface area (Å²) in [5.74, 6) is -2.28. The number of carbonyl (C=O) groups is 3. The predicted octanol–water partition coefficient (Wildman–Crippen LogP) is 1.74. The molecule has 16 heteroatoms. The fourth-order valence-corrected chi connectivity index (χ4v) is 6.64. The van der Waals surface area contributed by atoms with Crippen LogP contribution in [0.25, 0.3) is 0 Å². The second-order valence-corrected chi connectivity index (χ2v) is 10.5. The molecule has 33 heavy (non-hydrogen) atoms. The first-order chi connectivity index (χ1) is 15.5. The molecule has 0 aliphatic carbocycles. The van der Waals surface area contributed by atoms with E-state index in [-0.39, 0.29) is 5.70 Å². The molecule has 2 aromatic heterocycles. The number of fused-ring (bicyclic) bond motifs is 1. The minimum absolute atomic E-state index is 0.153. The molecule has 0 aromatic carbocycles. The van der Waals surface area contributed by atoms with Crippen LogP contribution in [0.1, 0.15) is 21.2 Å². The van der Waals surface area contributed by atoms with Crippen molar-refractivity contribution < 1.29 is 32.7 Å². The molecule has 176 valence electrons. The number of carbonyl (C=O) groups excluding carboxylic acids is 2. The Morgan fingerprint density at radius 2 is 2.09 bits per heavy atom. The van der Waals surface area contributed by atoms with Crippen molar-refractivity contribution in [2.75, 3.05) is 11.5 Å². The van der Waals surface area contributed by atoms with E-state index in [1.54, 1.807) is 6.92 Å². The highest BCUT2D eigenvalue weighted by molar-refractivity contribution is 8.01. The Balaban J connectivity index is 1.48. The highest BCUT2D eigenvalue weighted by Crippen LogP contribution is 2.42. The van der Waals surface area contributed by atoms with E-state index in [4.69, 9.17) is 0 Å². The number of hydrogen-bond acceptors (Lipinski definition) is 9. The van der Waals surface area contributed by atoms with Crippen LogP contribution in [0.3, 0.4) is 0 Å². The van der Waals surface area contributed by atoms with Crippen molar-refractivity contribution in [3.05, 3.63) is 33.7 Å². The first-order valence-corrected chi connectivity index (χ1v) is 12.1. The summed E-state index contributed by atoms with van der Waals surface area (Å²) in [5, 5.41) is 23.6. The molecule has 0 spiro atoms. The summed E-state index contributed by atoms with van der Waals surface area (Å²) in [6.07, 6.45) is -4.69. The number of carboxylic acids is 1. The Morgan fingerprint density at radius 3 is 2.67 bits per heavy atom. The number of aromatic nitrogens is 4. The Morgan fingerprint density at radius 1 is 1.36 bits per heavy atom. The Kier molecular flexibility index (Phi) is 6.17. The molecule has 2 atom stereocenters. The number of halogens is 3. The van der Waals surface area contributed by atoms with Crippen LogP contribution in [0.4, 0.5) is 13.2 Å². The molecule has 2 N–H and O–H groups in total. The van der Waals surface area contributed by atoms with Crippen molar-refractivity contribution in [1.82, 2.24) is 30.2 Å². The van der Waals surface area contributed by atoms with Gasteiger partial charge in [-0.25, -0.2) is 4.79 Å². The maximum Gasteiger partial charge on any atom is 0.433 e. The van der Waals surface area contributed by atoms with Crippen LogP contribution in [-0.4, -0.2) is 70.7 Å². The van der Waals surface area contributed by atoms with Crippen LogP contribution in [0.5, 0.6) is 0 Å². The van der Waals surface area contributed by atoms with Gasteiger partial charge in [0.1, 0.15) is 27.8 Å². The van der Waals surface area contributed by atoms with Crippen LogP contribution in [0.2, 0.25) is 0 Å². The topological polar surface area (TPSA) is 130 Å². The average molecular weight is 521 g/mol. The number of carboxylic acid groups (broad SMARTS) is 1. The number of aliphatic carboxylic acids is 1. The molecule has 2 aromatic rings. The normalized spacial score (nSPS) is 20.5. The Bertz CT molecular complexity index is 1180. The molecule has 0 saturated carbocycles. The SMILES string of the molecule is Cc1nnc(SCC2=C(C(=O)O)N3C(=O)C(NC(=O)c4cc(C(F)(F)F)n(C)n4)C3SC2)s1. The number of hydrogen-bond donors (Lipinski definition) is 2. The van der Waals surface area contributed by atoms with Crippen molar-refractivity contribution in [3.63, 3.8) is 0 Å². The molecule has 4 heterocycles. The lowest BCUT2D eigenvalue weighted by molar-refractivity contribution is -0.148. The number of thioether (sulfide) groups is 2. The lowest BCUT2D eigenvalue weighted by Crippen LogP contribution is -2.70. The van der Waals surface area contributed by atoms with E-state index in [1.165, 1.54) is 34.9 Å². The van der Waals surface area contributed by atoms with E-state index in [9.17, 15) is 32.7 Å². The van der Waals surface area contributed by atoms with Gasteiger partial charge in [-0.15, -0.1) is 22.0 Å². The lowest BCUT2D eigenvalue weighted by atomic mass is 10.0. The summed E-state index contributed by atoms with van der Waals surface area (Å²) in [6.45, 7) is 1.80. The molecule has 2 unspecified atom stereocenters. The van der Waals surface area contributed by atoms with Crippen LogP contribution < -0.4 is 5.32 Å². The quantitative estimate of drug-likeness (QED) is 0.432. The maximum absolute atomic E-state index is 13.0. The van der Waals surface area contributed by atoms with Crippen LogP contribution in [0.15, 0.2) is 21.7 Å². The summed E-state index contributed by atoms with van der Waals surface area (Å²) in [5.41, 5.74) is -1.22. The van der Waals surface area contributed by atoms with Gasteiger partial charge in [0.05, 0.1) is 0 Å². The Labute approximate surface area is 196 Å². The Hall–Kier alpha value is -2.59. The number of amides is 2. The third-order valence-corrected chi connectivity index (χ3v) is 8.21. The van der Waals surface area contributed by atoms with Crippen molar-refractivity contribution >= 4 is 52.6 Å². The number of nitrogens with one attached hydrogen (secondary N) is 1. The molecule has 1 saturated heterocycles. The molecular weight excluding hydrogens is 505 g/mol. The van der Waals surface area contributed by atoms with Crippen molar-refractivity contribution in [1.29, 1.82) is 0 Å². The molecule has 2 aliphatic heterocycles. The van der Waals surface area contributed by atoms with Crippen LogP contribution >= 0.6 is 34.9 Å². The van der Waals surface area contributed by atoms with Crippen LogP contribution in [0, 0.1) is 6.92 Å². The summed E-state index contributed by atoms with van der Waals surface area (Å²) in [4.78, 5) is 38.1. The van der Waals surface area contributed by atoms with Gasteiger partial charge in [-0.3, -0.25) is 19.2 Å². The van der Waals surface area contributed by atoms with Gasteiger partial charge >= 0.3 is 12.1 Å². The number of aryl methyl sites for hydroxylation is 2. The fourth-order valence-electron chi connectivity index (χ4n) is 3.34. The van der Waals surface area contributed by atoms with E-state index in [0.29, 0.717) is 32.2 Å². The van der Waals surface area contributed by atoms with Gasteiger partial charge < -0.3 is 10.4 Å². The summed E-state index contributed by atoms with van der Waals surface area (Å²) in [7, 11) is 1.05. The number of nitrogens with zero attached hydrogens (tertiary/aromatic N) is 5. The third kappa shape index (κ3) is 4.46. The lowest BCUT2D eigenvalue weighted by Gasteiger charge is -2.49. The first-order valence-electron chi connectivity index (χ1n) is 9.22. The van der Waals surface area contributed by atoms with E-state index in [2.05, 4.69) is 20.6 Å². The van der Waals surface area contributed by atoms with Crippen molar-refractivity contribution in [2.45, 2.75) is 28.9 Å². The molecular formula is C17H15F3N6O4S3. The van der Waals surface area contributed by atoms with Gasteiger partial charge in [0.25, 0.3) is 11.8 Å². The van der Waals surface area contributed by atoms with Crippen molar-refractivity contribution in [3.8, 4) is 0 Å². The number of rotatable bonds is 6. The standard InChI is InChI=1S/C17H15F3N6O4S3/c1-6-22-23-16(33-6)32-5-7-4-31-14-10(13(28)26(14)11(7)15(29)30)21-12(27)8-3-9(17(18,19)20)25(2)24-8/h3,10,14H,4-5H2,1-2H3,(H,21,27)(H,29,30).